The number of aromatic nitrogens is 3. The Morgan fingerprint density at radius 2 is 2.17 bits per heavy atom. The van der Waals surface area contributed by atoms with Crippen molar-refractivity contribution in [3.63, 3.8) is 0 Å². The van der Waals surface area contributed by atoms with Crippen molar-refractivity contribution >= 4 is 45.5 Å². The van der Waals surface area contributed by atoms with Crippen LogP contribution in [-0.2, 0) is 0 Å². The van der Waals surface area contributed by atoms with E-state index in [1.54, 1.807) is 22.0 Å². The van der Waals surface area contributed by atoms with Gasteiger partial charge in [-0.1, -0.05) is 0 Å². The number of halogens is 2. The molecule has 0 N–H and O–H groups in total. The Morgan fingerprint density at radius 3 is 2.83 bits per heavy atom. The third kappa shape index (κ3) is 2.63. The Morgan fingerprint density at radius 1 is 1.43 bits per heavy atom. The lowest BCUT2D eigenvalue weighted by Crippen LogP contribution is -2.07. The molecule has 118 valence electrons. The zero-order valence-electron chi connectivity index (χ0n) is 12.7. The van der Waals surface area contributed by atoms with Gasteiger partial charge in [0.2, 0.25) is 0 Å². The molecule has 3 aromatic rings. The summed E-state index contributed by atoms with van der Waals surface area (Å²) >= 11 is 5.43. The topological polar surface area (TPSA) is 62.9 Å². The quantitative estimate of drug-likeness (QED) is 0.420. The number of hydrogen-bond donors (Lipinski definition) is 0. The summed E-state index contributed by atoms with van der Waals surface area (Å²) in [5.41, 5.74) is 2.12. The summed E-state index contributed by atoms with van der Waals surface area (Å²) in [6.07, 6.45) is 3.19. The maximum atomic E-state index is 14.0. The van der Waals surface area contributed by atoms with E-state index in [1.165, 1.54) is 12.1 Å². The maximum Gasteiger partial charge on any atom is 0.255 e. The maximum absolute atomic E-state index is 14.0. The van der Waals surface area contributed by atoms with Gasteiger partial charge in [-0.3, -0.25) is 9.20 Å². The molecule has 0 radical (unpaired) electrons. The number of nitrogens with zero attached hydrogens (tertiary/aromatic N) is 5. The van der Waals surface area contributed by atoms with E-state index >= 15 is 0 Å². The van der Waals surface area contributed by atoms with E-state index in [4.69, 9.17) is 11.6 Å². The summed E-state index contributed by atoms with van der Waals surface area (Å²) < 4.78 is 15.7. The lowest BCUT2D eigenvalue weighted by atomic mass is 10.2. The zero-order chi connectivity index (χ0) is 16.7. The van der Waals surface area contributed by atoms with Gasteiger partial charge in [0.25, 0.3) is 5.24 Å². The summed E-state index contributed by atoms with van der Waals surface area (Å²) in [4.78, 5) is 26.1. The molecule has 0 amide bonds. The van der Waals surface area contributed by atoms with Crippen LogP contribution < -0.4 is 0 Å². The van der Waals surface area contributed by atoms with Gasteiger partial charge in [0.05, 0.1) is 28.6 Å². The summed E-state index contributed by atoms with van der Waals surface area (Å²) in [5.74, 6) is -0.297. The molecule has 0 aliphatic carbocycles. The highest BCUT2D eigenvalue weighted by atomic mass is 35.5. The standard InChI is InChI=1S/C15H13ClFN5O/c1-8-13-15(19-6-21(2)3)20-11-5-10(17)9(14(16)23)4-12(11)22(13)7-18-8/h4-7H,1-3H3/b19-6+. The molecular formula is C15H13ClFN5O. The second-order valence-electron chi connectivity index (χ2n) is 5.29. The summed E-state index contributed by atoms with van der Waals surface area (Å²) in [6, 6.07) is 2.55. The highest BCUT2D eigenvalue weighted by Gasteiger charge is 2.16. The normalized spacial score (nSPS) is 11.7. The minimum absolute atomic E-state index is 0.196. The van der Waals surface area contributed by atoms with Crippen molar-refractivity contribution in [1.82, 2.24) is 19.3 Å². The molecule has 0 bridgehead atoms. The van der Waals surface area contributed by atoms with E-state index in [0.717, 1.165) is 5.69 Å². The summed E-state index contributed by atoms with van der Waals surface area (Å²) in [7, 11) is 3.67. The molecule has 0 saturated heterocycles. The minimum Gasteiger partial charge on any atom is -0.369 e. The largest absolute Gasteiger partial charge is 0.369 e. The van der Waals surface area contributed by atoms with Gasteiger partial charge in [0.1, 0.15) is 17.7 Å². The number of carbonyl (C=O) groups is 1. The predicted molar refractivity (Wildman–Crippen MR) is 87.2 cm³/mol. The van der Waals surface area contributed by atoms with Crippen LogP contribution in [0.1, 0.15) is 16.1 Å². The van der Waals surface area contributed by atoms with E-state index in [0.29, 0.717) is 22.4 Å². The monoisotopic (exact) mass is 333 g/mol. The van der Waals surface area contributed by atoms with Crippen molar-refractivity contribution in [2.24, 2.45) is 4.99 Å². The molecule has 0 fully saturated rings. The number of aliphatic imine (C=N–C) groups is 1. The van der Waals surface area contributed by atoms with Crippen molar-refractivity contribution in [2.75, 3.05) is 14.1 Å². The van der Waals surface area contributed by atoms with Crippen LogP contribution in [0, 0.1) is 12.7 Å². The van der Waals surface area contributed by atoms with Crippen LogP contribution in [0.2, 0.25) is 0 Å². The first kappa shape index (κ1) is 15.4. The summed E-state index contributed by atoms with van der Waals surface area (Å²) in [6.45, 7) is 1.83. The van der Waals surface area contributed by atoms with Gasteiger partial charge in [-0.2, -0.15) is 0 Å². The van der Waals surface area contributed by atoms with Crippen molar-refractivity contribution in [1.29, 1.82) is 0 Å². The molecule has 0 saturated carbocycles. The van der Waals surface area contributed by atoms with Gasteiger partial charge in [0.15, 0.2) is 5.82 Å². The Hall–Kier alpha value is -2.54. The number of imidazole rings is 1. The highest BCUT2D eigenvalue weighted by molar-refractivity contribution is 6.67. The number of carbonyl (C=O) groups excluding carboxylic acids is 1. The molecular weight excluding hydrogens is 321 g/mol. The summed E-state index contributed by atoms with van der Waals surface area (Å²) in [5, 5.41) is -0.857. The van der Waals surface area contributed by atoms with Crippen LogP contribution in [0.3, 0.4) is 0 Å². The Balaban J connectivity index is 2.40. The van der Waals surface area contributed by atoms with Gasteiger partial charge in [-0.25, -0.2) is 19.4 Å². The second kappa shape index (κ2) is 5.58. The first-order chi connectivity index (χ1) is 10.9. The smallest absolute Gasteiger partial charge is 0.255 e. The molecule has 2 heterocycles. The van der Waals surface area contributed by atoms with Crippen LogP contribution in [0.25, 0.3) is 16.6 Å². The lowest BCUT2D eigenvalue weighted by Gasteiger charge is -2.08. The molecule has 0 spiro atoms. The fourth-order valence-corrected chi connectivity index (χ4v) is 2.45. The van der Waals surface area contributed by atoms with Gasteiger partial charge in [-0.15, -0.1) is 0 Å². The Bertz CT molecular complexity index is 964. The molecule has 0 aliphatic heterocycles. The fraction of sp³-hybridized carbons (Fsp3) is 0.200. The molecule has 1 aromatic carbocycles. The number of fused-ring (bicyclic) bond motifs is 3. The molecule has 0 unspecified atom stereocenters. The molecule has 6 nitrogen and oxygen atoms in total. The van der Waals surface area contributed by atoms with Gasteiger partial charge < -0.3 is 4.90 Å². The van der Waals surface area contributed by atoms with Crippen molar-refractivity contribution in [3.8, 4) is 0 Å². The van der Waals surface area contributed by atoms with Crippen LogP contribution in [0.4, 0.5) is 10.2 Å². The van der Waals surface area contributed by atoms with E-state index in [1.807, 2.05) is 21.0 Å². The van der Waals surface area contributed by atoms with Crippen molar-refractivity contribution in [2.45, 2.75) is 6.92 Å². The first-order valence-electron chi connectivity index (χ1n) is 6.76. The van der Waals surface area contributed by atoms with Crippen LogP contribution in [0.15, 0.2) is 23.5 Å². The average Bonchev–Trinajstić information content (AvgIpc) is 2.86. The molecule has 2 aromatic heterocycles. The van der Waals surface area contributed by atoms with Gasteiger partial charge in [0, 0.05) is 20.2 Å². The van der Waals surface area contributed by atoms with Gasteiger partial charge >= 0.3 is 0 Å². The SMILES string of the molecule is Cc1ncn2c1c(/N=C/N(C)C)nc1cc(F)c(C(=O)Cl)cc12. The van der Waals surface area contributed by atoms with E-state index in [2.05, 4.69) is 15.0 Å². The van der Waals surface area contributed by atoms with Crippen molar-refractivity contribution < 1.29 is 9.18 Å². The van der Waals surface area contributed by atoms with Crippen molar-refractivity contribution in [3.05, 3.63) is 35.5 Å². The number of aryl methyl sites for hydroxylation is 1. The van der Waals surface area contributed by atoms with E-state index in [-0.39, 0.29) is 5.56 Å². The number of benzene rings is 1. The fourth-order valence-electron chi connectivity index (χ4n) is 2.30. The molecule has 3 rings (SSSR count). The lowest BCUT2D eigenvalue weighted by molar-refractivity contribution is 0.107. The van der Waals surface area contributed by atoms with E-state index in [9.17, 15) is 9.18 Å². The molecule has 0 aliphatic rings. The highest BCUT2D eigenvalue weighted by Crippen LogP contribution is 2.28. The third-order valence-electron chi connectivity index (χ3n) is 3.34. The second-order valence-corrected chi connectivity index (χ2v) is 5.63. The number of hydrogen-bond acceptors (Lipinski definition) is 4. The Kier molecular flexibility index (Phi) is 3.73. The minimum atomic E-state index is -0.857. The molecule has 23 heavy (non-hydrogen) atoms. The van der Waals surface area contributed by atoms with Crippen LogP contribution in [-0.4, -0.2) is 44.9 Å². The molecule has 0 atom stereocenters. The molecule has 8 heteroatoms. The predicted octanol–water partition coefficient (Wildman–Crippen LogP) is 2.93. The van der Waals surface area contributed by atoms with Crippen LogP contribution in [0.5, 0.6) is 0 Å². The Labute approximate surface area is 136 Å². The van der Waals surface area contributed by atoms with Gasteiger partial charge in [-0.05, 0) is 24.6 Å². The zero-order valence-corrected chi connectivity index (χ0v) is 13.5. The third-order valence-corrected chi connectivity index (χ3v) is 3.54. The number of rotatable bonds is 3. The first-order valence-corrected chi connectivity index (χ1v) is 7.13. The average molecular weight is 334 g/mol. The van der Waals surface area contributed by atoms with Crippen LogP contribution >= 0.6 is 11.6 Å². The van der Waals surface area contributed by atoms with E-state index < -0.39 is 11.1 Å².